The van der Waals surface area contributed by atoms with Crippen LogP contribution in [0.5, 0.6) is 0 Å². The van der Waals surface area contributed by atoms with Gasteiger partial charge in [-0.25, -0.2) is 0 Å². The molecule has 1 aliphatic heterocycles. The molecule has 0 bridgehead atoms. The number of nitrogens with one attached hydrogen (secondary N) is 2. The fourth-order valence-corrected chi connectivity index (χ4v) is 4.16. The van der Waals surface area contributed by atoms with E-state index in [1.165, 1.54) is 16.0 Å². The van der Waals surface area contributed by atoms with Crippen molar-refractivity contribution < 1.29 is 4.79 Å². The Bertz CT molecular complexity index is 788. The lowest BCUT2D eigenvalue weighted by Crippen LogP contribution is -2.38. The quantitative estimate of drug-likeness (QED) is 0.424. The number of nitrogens with zero attached hydrogens (tertiary/aromatic N) is 2. The Kier molecular flexibility index (Phi) is 7.48. The zero-order valence-corrected chi connectivity index (χ0v) is 17.6. The molecule has 1 aromatic carbocycles. The van der Waals surface area contributed by atoms with Gasteiger partial charge in [-0.05, 0) is 49.3 Å². The number of benzene rings is 1. The average Bonchev–Trinajstić information content (AvgIpc) is 3.25. The largest absolute Gasteiger partial charge is 0.357 e. The van der Waals surface area contributed by atoms with E-state index in [-0.39, 0.29) is 11.9 Å². The molecule has 5 nitrogen and oxygen atoms in total. The van der Waals surface area contributed by atoms with Gasteiger partial charge in [-0.15, -0.1) is 11.3 Å². The van der Waals surface area contributed by atoms with Crippen LogP contribution >= 0.6 is 11.3 Å². The molecule has 0 saturated carbocycles. The molecule has 0 fully saturated rings. The van der Waals surface area contributed by atoms with E-state index in [2.05, 4.69) is 65.2 Å². The molecule has 3 rings (SSSR count). The molecular weight excluding hydrogens is 368 g/mol. The van der Waals surface area contributed by atoms with Crippen LogP contribution in [0.2, 0.25) is 0 Å². The van der Waals surface area contributed by atoms with Crippen LogP contribution in [0, 0.1) is 0 Å². The van der Waals surface area contributed by atoms with Crippen molar-refractivity contribution in [3.05, 3.63) is 57.8 Å². The van der Waals surface area contributed by atoms with Crippen LogP contribution in [0.15, 0.2) is 46.8 Å². The predicted octanol–water partition coefficient (Wildman–Crippen LogP) is 3.73. The standard InChI is InChI=1S/C22H30N4OS/c1-3-23-22(25-17(2)20-10-7-15-28-20)24-13-6-11-21(27)26-14-12-18-8-4-5-9-19(18)16-26/h4-5,7-10,15,17H,3,6,11-14,16H2,1-2H3,(H2,23,24,25). The molecule has 0 saturated heterocycles. The van der Waals surface area contributed by atoms with Crippen LogP contribution in [-0.2, 0) is 17.8 Å². The number of hydrogen-bond acceptors (Lipinski definition) is 3. The van der Waals surface area contributed by atoms with Crippen LogP contribution in [0.1, 0.15) is 48.7 Å². The summed E-state index contributed by atoms with van der Waals surface area (Å²) in [6.07, 6.45) is 2.27. The third-order valence-corrected chi connectivity index (χ3v) is 6.02. The van der Waals surface area contributed by atoms with Crippen LogP contribution < -0.4 is 10.6 Å². The van der Waals surface area contributed by atoms with Crippen molar-refractivity contribution in [2.24, 2.45) is 4.99 Å². The Morgan fingerprint density at radius 2 is 2.07 bits per heavy atom. The van der Waals surface area contributed by atoms with Crippen molar-refractivity contribution in [1.82, 2.24) is 15.5 Å². The van der Waals surface area contributed by atoms with Gasteiger partial charge >= 0.3 is 0 Å². The first-order chi connectivity index (χ1) is 13.7. The average molecular weight is 399 g/mol. The molecule has 28 heavy (non-hydrogen) atoms. The van der Waals surface area contributed by atoms with Gasteiger partial charge in [-0.1, -0.05) is 30.3 Å². The number of aliphatic imine (C=N–C) groups is 1. The van der Waals surface area contributed by atoms with E-state index in [9.17, 15) is 4.79 Å². The van der Waals surface area contributed by atoms with Crippen LogP contribution in [0.4, 0.5) is 0 Å². The number of carbonyl (C=O) groups excluding carboxylic acids is 1. The van der Waals surface area contributed by atoms with E-state index >= 15 is 0 Å². The lowest BCUT2D eigenvalue weighted by atomic mass is 9.99. The summed E-state index contributed by atoms with van der Waals surface area (Å²) >= 11 is 1.74. The van der Waals surface area contributed by atoms with E-state index in [4.69, 9.17) is 0 Å². The molecule has 0 radical (unpaired) electrons. The smallest absolute Gasteiger partial charge is 0.222 e. The zero-order chi connectivity index (χ0) is 19.8. The fourth-order valence-electron chi connectivity index (χ4n) is 3.42. The maximum absolute atomic E-state index is 12.6. The summed E-state index contributed by atoms with van der Waals surface area (Å²) in [5, 5.41) is 8.81. The van der Waals surface area contributed by atoms with Gasteiger partial charge in [0.2, 0.25) is 5.91 Å². The lowest BCUT2D eigenvalue weighted by molar-refractivity contribution is -0.132. The summed E-state index contributed by atoms with van der Waals surface area (Å²) in [5.74, 6) is 1.04. The molecule has 2 heterocycles. The van der Waals surface area contributed by atoms with Crippen molar-refractivity contribution in [3.8, 4) is 0 Å². The summed E-state index contributed by atoms with van der Waals surface area (Å²) in [6, 6.07) is 12.8. The van der Waals surface area contributed by atoms with E-state index in [0.717, 1.165) is 38.4 Å². The molecule has 2 aromatic rings. The first-order valence-electron chi connectivity index (χ1n) is 10.1. The van der Waals surface area contributed by atoms with Gasteiger partial charge in [0.25, 0.3) is 0 Å². The Labute approximate surface area is 171 Å². The van der Waals surface area contributed by atoms with E-state index < -0.39 is 0 Å². The zero-order valence-electron chi connectivity index (χ0n) is 16.8. The second-order valence-electron chi connectivity index (χ2n) is 7.08. The van der Waals surface area contributed by atoms with Crippen molar-refractivity contribution in [3.63, 3.8) is 0 Å². The highest BCUT2D eigenvalue weighted by Gasteiger charge is 2.19. The molecule has 1 amide bonds. The van der Waals surface area contributed by atoms with Crippen LogP contribution in [-0.4, -0.2) is 36.4 Å². The predicted molar refractivity (Wildman–Crippen MR) is 117 cm³/mol. The molecule has 1 aliphatic rings. The van der Waals surface area contributed by atoms with Crippen LogP contribution in [0.25, 0.3) is 0 Å². The summed E-state index contributed by atoms with van der Waals surface area (Å²) in [7, 11) is 0. The minimum atomic E-state index is 0.216. The number of thiophene rings is 1. The maximum atomic E-state index is 12.6. The third kappa shape index (κ3) is 5.58. The van der Waals surface area contributed by atoms with Gasteiger partial charge in [0.1, 0.15) is 0 Å². The first-order valence-corrected chi connectivity index (χ1v) is 11.0. The normalized spacial score (nSPS) is 15.1. The van der Waals surface area contributed by atoms with Gasteiger partial charge in [-0.3, -0.25) is 9.79 Å². The summed E-state index contributed by atoms with van der Waals surface area (Å²) in [6.45, 7) is 7.21. The molecule has 0 spiro atoms. The molecule has 1 aromatic heterocycles. The second kappa shape index (κ2) is 10.3. The highest BCUT2D eigenvalue weighted by molar-refractivity contribution is 7.10. The molecule has 2 N–H and O–H groups in total. The van der Waals surface area contributed by atoms with Gasteiger partial charge in [0, 0.05) is 37.5 Å². The number of amides is 1. The SMILES string of the molecule is CCNC(=NCCCC(=O)N1CCc2ccccc2C1)NC(C)c1cccs1. The summed E-state index contributed by atoms with van der Waals surface area (Å²) < 4.78 is 0. The number of rotatable bonds is 7. The van der Waals surface area contributed by atoms with Crippen molar-refractivity contribution in [2.45, 2.75) is 45.7 Å². The monoisotopic (exact) mass is 398 g/mol. The Hall–Kier alpha value is -2.34. The Morgan fingerprint density at radius 1 is 1.25 bits per heavy atom. The second-order valence-corrected chi connectivity index (χ2v) is 8.06. The topological polar surface area (TPSA) is 56.7 Å². The number of guanidine groups is 1. The molecular formula is C22H30N4OS. The van der Waals surface area contributed by atoms with Gasteiger partial charge in [0.15, 0.2) is 5.96 Å². The third-order valence-electron chi connectivity index (χ3n) is 4.97. The highest BCUT2D eigenvalue weighted by atomic mass is 32.1. The van der Waals surface area contributed by atoms with Crippen molar-refractivity contribution in [2.75, 3.05) is 19.6 Å². The Morgan fingerprint density at radius 3 is 2.82 bits per heavy atom. The van der Waals surface area contributed by atoms with Crippen molar-refractivity contribution >= 4 is 23.2 Å². The number of carbonyl (C=O) groups is 1. The van der Waals surface area contributed by atoms with Crippen LogP contribution in [0.3, 0.4) is 0 Å². The van der Waals surface area contributed by atoms with E-state index in [1.807, 2.05) is 11.0 Å². The molecule has 1 unspecified atom stereocenters. The fraction of sp³-hybridized carbons (Fsp3) is 0.455. The maximum Gasteiger partial charge on any atom is 0.222 e. The molecule has 150 valence electrons. The summed E-state index contributed by atoms with van der Waals surface area (Å²) in [5.41, 5.74) is 2.65. The minimum absolute atomic E-state index is 0.216. The van der Waals surface area contributed by atoms with E-state index in [1.54, 1.807) is 11.3 Å². The molecule has 0 aliphatic carbocycles. The van der Waals surface area contributed by atoms with Gasteiger partial charge in [0.05, 0.1) is 6.04 Å². The molecule has 6 heteroatoms. The minimum Gasteiger partial charge on any atom is -0.357 e. The first kappa shape index (κ1) is 20.4. The Balaban J connectivity index is 1.45. The lowest BCUT2D eigenvalue weighted by Gasteiger charge is -2.28. The molecule has 1 atom stereocenters. The van der Waals surface area contributed by atoms with Gasteiger partial charge in [-0.2, -0.15) is 0 Å². The highest BCUT2D eigenvalue weighted by Crippen LogP contribution is 2.19. The van der Waals surface area contributed by atoms with Crippen molar-refractivity contribution in [1.29, 1.82) is 0 Å². The van der Waals surface area contributed by atoms with Gasteiger partial charge < -0.3 is 15.5 Å². The number of fused-ring (bicyclic) bond motifs is 1. The number of hydrogen-bond donors (Lipinski definition) is 2. The van der Waals surface area contributed by atoms with E-state index in [0.29, 0.717) is 13.0 Å². The summed E-state index contributed by atoms with van der Waals surface area (Å²) in [4.78, 5) is 20.5.